The standard InChI is InChI=1S/C72H60N4O2/c1-70(2,3)45-33-34-73-67(40-45)76-62-27-16-14-25-55(62)56-31-30-50(42-63(56)76)77-49-20-18-19-48(41-49)74-43-75-68-58(44-29-32-66-59(35-44)57-26-15-17-28-65(57)78-66)36-46(71(4,5)6)37-60(68)53-23-12-10-21-51(53)52-22-11-13-24-54(52)61-38-47(72(7,8)9)39-64(74)69(61)75/h10-42H,1-9H3. The fourth-order valence-electron chi connectivity index (χ4n) is 11.8. The maximum Gasteiger partial charge on any atom is 0.269 e. The van der Waals surface area contributed by atoms with Gasteiger partial charge in [-0.05, 0) is 150 Å². The number of aromatic nitrogens is 4. The van der Waals surface area contributed by atoms with E-state index in [1.165, 1.54) is 38.8 Å². The first-order valence-electron chi connectivity index (χ1n) is 27.2. The normalized spacial score (nSPS) is 12.7. The van der Waals surface area contributed by atoms with Crippen molar-refractivity contribution in [3.8, 4) is 73.2 Å². The zero-order valence-electron chi connectivity index (χ0n) is 45.7. The van der Waals surface area contributed by atoms with Gasteiger partial charge in [0.25, 0.3) is 6.33 Å². The number of fused-ring (bicyclic) bond motifs is 13. The third-order valence-electron chi connectivity index (χ3n) is 16.0. The zero-order chi connectivity index (χ0) is 53.4. The van der Waals surface area contributed by atoms with E-state index in [1.54, 1.807) is 0 Å². The van der Waals surface area contributed by atoms with Crippen molar-refractivity contribution in [2.45, 2.75) is 78.6 Å². The molecule has 0 bridgehead atoms. The maximum absolute atomic E-state index is 6.98. The summed E-state index contributed by atoms with van der Waals surface area (Å²) in [6.45, 7) is 20.6. The van der Waals surface area contributed by atoms with Crippen LogP contribution < -0.4 is 9.30 Å². The van der Waals surface area contributed by atoms with Gasteiger partial charge >= 0.3 is 0 Å². The molecule has 0 N–H and O–H groups in total. The van der Waals surface area contributed by atoms with E-state index in [1.807, 2.05) is 18.3 Å². The Balaban J connectivity index is 1.02. The van der Waals surface area contributed by atoms with Crippen molar-refractivity contribution in [3.05, 3.63) is 223 Å². The van der Waals surface area contributed by atoms with E-state index in [-0.39, 0.29) is 16.2 Å². The lowest BCUT2D eigenvalue weighted by molar-refractivity contribution is -0.570. The van der Waals surface area contributed by atoms with Crippen LogP contribution >= 0.6 is 0 Å². The Bertz CT molecular complexity index is 4600. The second kappa shape index (κ2) is 17.3. The Labute approximate surface area is 455 Å². The number of ether oxygens (including phenoxy) is 1. The average Bonchev–Trinajstić information content (AvgIpc) is 4.28. The largest absolute Gasteiger partial charge is 0.458 e. The minimum Gasteiger partial charge on any atom is -0.458 e. The molecule has 14 rings (SSSR count). The number of pyridine rings is 1. The van der Waals surface area contributed by atoms with Crippen LogP contribution in [0.5, 0.6) is 11.5 Å². The summed E-state index contributed by atoms with van der Waals surface area (Å²) in [6, 6.07) is 70.4. The van der Waals surface area contributed by atoms with Gasteiger partial charge in [-0.2, -0.15) is 0 Å². The van der Waals surface area contributed by atoms with Crippen molar-refractivity contribution in [3.63, 3.8) is 0 Å². The molecule has 5 heterocycles. The molecule has 380 valence electrons. The summed E-state index contributed by atoms with van der Waals surface area (Å²) in [5.41, 5.74) is 20.5. The molecule has 1 aliphatic heterocycles. The molecule has 6 heteroatoms. The predicted octanol–water partition coefficient (Wildman–Crippen LogP) is 18.8. The first-order chi connectivity index (χ1) is 37.5. The highest BCUT2D eigenvalue weighted by Gasteiger charge is 2.31. The topological polar surface area (TPSA) is 49.0 Å². The van der Waals surface area contributed by atoms with Crippen LogP contribution in [0.2, 0.25) is 0 Å². The van der Waals surface area contributed by atoms with E-state index in [0.717, 1.165) is 100 Å². The highest BCUT2D eigenvalue weighted by molar-refractivity contribution is 6.10. The summed E-state index contributed by atoms with van der Waals surface area (Å²) in [5.74, 6) is 2.33. The summed E-state index contributed by atoms with van der Waals surface area (Å²) in [4.78, 5) is 4.94. The Morgan fingerprint density at radius 3 is 1.78 bits per heavy atom. The molecule has 0 unspecified atom stereocenters. The molecule has 6 nitrogen and oxygen atoms in total. The van der Waals surface area contributed by atoms with Crippen LogP contribution in [0.3, 0.4) is 0 Å². The van der Waals surface area contributed by atoms with Crippen LogP contribution in [0.4, 0.5) is 0 Å². The molecule has 78 heavy (non-hydrogen) atoms. The van der Waals surface area contributed by atoms with E-state index in [2.05, 4.69) is 264 Å². The number of hydrogen-bond donors (Lipinski definition) is 0. The van der Waals surface area contributed by atoms with E-state index >= 15 is 0 Å². The van der Waals surface area contributed by atoms with Gasteiger partial charge in [-0.25, -0.2) is 4.98 Å². The first kappa shape index (κ1) is 47.5. The van der Waals surface area contributed by atoms with Crippen LogP contribution in [-0.4, -0.2) is 14.1 Å². The molecule has 0 atom stereocenters. The smallest absolute Gasteiger partial charge is 0.269 e. The van der Waals surface area contributed by atoms with Crippen molar-refractivity contribution in [2.75, 3.05) is 0 Å². The lowest BCUT2D eigenvalue weighted by Crippen LogP contribution is -2.32. The second-order valence-electron chi connectivity index (χ2n) is 24.3. The average molecular weight is 1010 g/mol. The van der Waals surface area contributed by atoms with Gasteiger partial charge in [0.05, 0.1) is 33.4 Å². The van der Waals surface area contributed by atoms with Gasteiger partial charge in [-0.1, -0.05) is 178 Å². The van der Waals surface area contributed by atoms with Gasteiger partial charge < -0.3 is 9.15 Å². The summed E-state index contributed by atoms with van der Waals surface area (Å²) < 4.78 is 20.3. The number of benzene rings is 9. The SMILES string of the molecule is CC(C)(C)c1ccnc(-n2c3ccccc3c3ccc(Oc4cccc(-n5[c-][n+]6c7c(cc(C(C)(C)C)cc75)-c5ccccc5-c5ccccc5-c5cc(C(C)(C)C)cc(-c7ccc8oc9ccccc9c8c7)c5-6)c4)cc32)c1. The van der Waals surface area contributed by atoms with E-state index in [9.17, 15) is 0 Å². The summed E-state index contributed by atoms with van der Waals surface area (Å²) in [6.07, 6.45) is 6.02. The second-order valence-corrected chi connectivity index (χ2v) is 24.3. The summed E-state index contributed by atoms with van der Waals surface area (Å²) in [7, 11) is 0. The van der Waals surface area contributed by atoms with Crippen molar-refractivity contribution in [1.82, 2.24) is 14.1 Å². The number of imidazole rings is 1. The number of nitrogens with zero attached hydrogens (tertiary/aromatic N) is 4. The predicted molar refractivity (Wildman–Crippen MR) is 321 cm³/mol. The first-order valence-corrected chi connectivity index (χ1v) is 27.2. The van der Waals surface area contributed by atoms with Crippen LogP contribution in [0.15, 0.2) is 205 Å². The van der Waals surface area contributed by atoms with Gasteiger partial charge in [0.15, 0.2) is 0 Å². The van der Waals surface area contributed by atoms with Crippen LogP contribution in [0, 0.1) is 6.33 Å². The fraction of sp³-hybridized carbons (Fsp3) is 0.167. The molecule has 0 spiro atoms. The molecule has 0 radical (unpaired) electrons. The molecule has 9 aromatic carbocycles. The van der Waals surface area contributed by atoms with E-state index in [0.29, 0.717) is 5.75 Å². The molecule has 0 aliphatic carbocycles. The fourth-order valence-corrected chi connectivity index (χ4v) is 11.8. The molecule has 0 fully saturated rings. The minimum absolute atomic E-state index is 0.0362. The molecule has 13 aromatic rings. The monoisotopic (exact) mass is 1010 g/mol. The molecule has 4 aromatic heterocycles. The molecule has 0 amide bonds. The third kappa shape index (κ3) is 7.68. The van der Waals surface area contributed by atoms with Gasteiger partial charge in [0.2, 0.25) is 0 Å². The van der Waals surface area contributed by atoms with Crippen molar-refractivity contribution in [2.24, 2.45) is 0 Å². The molecule has 0 saturated carbocycles. The van der Waals surface area contributed by atoms with Crippen LogP contribution in [-0.2, 0) is 16.2 Å². The maximum atomic E-state index is 6.98. The minimum atomic E-state index is -0.182. The van der Waals surface area contributed by atoms with Crippen molar-refractivity contribution < 1.29 is 13.7 Å². The Kier molecular flexibility index (Phi) is 10.5. The molecular weight excluding hydrogens is 953 g/mol. The quantitative estimate of drug-likeness (QED) is 0.127. The summed E-state index contributed by atoms with van der Waals surface area (Å²) in [5, 5.41) is 4.50. The lowest BCUT2D eigenvalue weighted by Gasteiger charge is -2.26. The number of furan rings is 1. The summed E-state index contributed by atoms with van der Waals surface area (Å²) >= 11 is 0. The molecular formula is C72H60N4O2. The highest BCUT2D eigenvalue weighted by Crippen LogP contribution is 2.48. The lowest BCUT2D eigenvalue weighted by atomic mass is 9.81. The Hall–Kier alpha value is -9.00. The Morgan fingerprint density at radius 2 is 1.04 bits per heavy atom. The van der Waals surface area contributed by atoms with Gasteiger partial charge in [-0.3, -0.25) is 13.7 Å². The highest BCUT2D eigenvalue weighted by atomic mass is 16.5. The zero-order valence-corrected chi connectivity index (χ0v) is 45.7. The number of rotatable bonds is 5. The van der Waals surface area contributed by atoms with Crippen molar-refractivity contribution >= 4 is 54.8 Å². The molecule has 0 saturated heterocycles. The number of para-hydroxylation sites is 2. The van der Waals surface area contributed by atoms with Crippen LogP contribution in [0.1, 0.15) is 79.0 Å². The third-order valence-corrected chi connectivity index (χ3v) is 16.0. The van der Waals surface area contributed by atoms with Crippen LogP contribution in [0.25, 0.3) is 116 Å². The van der Waals surface area contributed by atoms with Gasteiger partial charge in [-0.15, -0.1) is 0 Å². The van der Waals surface area contributed by atoms with Gasteiger partial charge in [0.1, 0.15) is 28.5 Å². The van der Waals surface area contributed by atoms with E-state index in [4.69, 9.17) is 14.1 Å². The molecule has 1 aliphatic rings. The van der Waals surface area contributed by atoms with E-state index < -0.39 is 0 Å². The van der Waals surface area contributed by atoms with Gasteiger partial charge in [0, 0.05) is 33.8 Å². The van der Waals surface area contributed by atoms with Crippen molar-refractivity contribution in [1.29, 1.82) is 0 Å². The number of hydrogen-bond acceptors (Lipinski definition) is 3. The Morgan fingerprint density at radius 1 is 0.436 bits per heavy atom.